The van der Waals surface area contributed by atoms with Crippen molar-refractivity contribution < 1.29 is 9.53 Å². The van der Waals surface area contributed by atoms with Crippen LogP contribution in [0.5, 0.6) is 5.75 Å². The molecule has 0 atom stereocenters. The molecule has 0 aromatic heterocycles. The molecule has 0 aliphatic rings. The summed E-state index contributed by atoms with van der Waals surface area (Å²) in [6.45, 7) is 2.05. The zero-order valence-electron chi connectivity index (χ0n) is 8.54. The molecule has 2 N–H and O–H groups in total. The van der Waals surface area contributed by atoms with Crippen molar-refractivity contribution in [2.75, 3.05) is 7.11 Å². The van der Waals surface area contributed by atoms with Gasteiger partial charge in [0.1, 0.15) is 5.75 Å². The van der Waals surface area contributed by atoms with Gasteiger partial charge in [-0.2, -0.15) is 0 Å². The van der Waals surface area contributed by atoms with E-state index in [2.05, 4.69) is 0 Å². The van der Waals surface area contributed by atoms with Gasteiger partial charge in [0.05, 0.1) is 13.5 Å². The Hall–Kier alpha value is -1.51. The van der Waals surface area contributed by atoms with Gasteiger partial charge in [0.15, 0.2) is 0 Å². The van der Waals surface area contributed by atoms with Crippen LogP contribution in [0.25, 0.3) is 0 Å². The van der Waals surface area contributed by atoms with E-state index in [0.717, 1.165) is 23.3 Å². The van der Waals surface area contributed by atoms with Gasteiger partial charge in [0, 0.05) is 0 Å². The van der Waals surface area contributed by atoms with E-state index < -0.39 is 0 Å². The second-order valence-corrected chi connectivity index (χ2v) is 3.13. The number of ether oxygens (including phenoxy) is 1. The highest BCUT2D eigenvalue weighted by Crippen LogP contribution is 2.18. The van der Waals surface area contributed by atoms with Crippen LogP contribution in [0.1, 0.15) is 18.1 Å². The molecule has 0 saturated carbocycles. The molecule has 1 amide bonds. The minimum Gasteiger partial charge on any atom is -0.497 e. The zero-order chi connectivity index (χ0) is 10.6. The molecule has 3 heteroatoms. The monoisotopic (exact) mass is 193 g/mol. The number of benzene rings is 1. The van der Waals surface area contributed by atoms with E-state index in [0.29, 0.717) is 0 Å². The molecule has 0 spiro atoms. The molecule has 0 bridgehead atoms. The molecular weight excluding hydrogens is 178 g/mol. The number of rotatable bonds is 4. The minimum absolute atomic E-state index is 0.278. The van der Waals surface area contributed by atoms with E-state index in [9.17, 15) is 4.79 Å². The normalized spacial score (nSPS) is 9.86. The maximum atomic E-state index is 10.8. The highest BCUT2D eigenvalue weighted by atomic mass is 16.5. The third kappa shape index (κ3) is 2.49. The van der Waals surface area contributed by atoms with Crippen molar-refractivity contribution in [2.45, 2.75) is 19.8 Å². The van der Waals surface area contributed by atoms with Gasteiger partial charge in [-0.3, -0.25) is 4.79 Å². The molecule has 0 saturated heterocycles. The minimum atomic E-state index is -0.312. The maximum absolute atomic E-state index is 10.8. The summed E-state index contributed by atoms with van der Waals surface area (Å²) in [4.78, 5) is 10.8. The van der Waals surface area contributed by atoms with E-state index in [-0.39, 0.29) is 12.3 Å². The Kier molecular flexibility index (Phi) is 3.51. The number of aryl methyl sites for hydroxylation is 1. The van der Waals surface area contributed by atoms with Gasteiger partial charge >= 0.3 is 0 Å². The van der Waals surface area contributed by atoms with Crippen LogP contribution in [0.15, 0.2) is 18.2 Å². The predicted molar refractivity (Wildman–Crippen MR) is 55.3 cm³/mol. The Bertz CT molecular complexity index is 334. The summed E-state index contributed by atoms with van der Waals surface area (Å²) in [6, 6.07) is 5.73. The van der Waals surface area contributed by atoms with Crippen molar-refractivity contribution in [2.24, 2.45) is 5.73 Å². The SMILES string of the molecule is CCc1ccc(OC)cc1CC(N)=O. The van der Waals surface area contributed by atoms with Crippen LogP contribution in [0, 0.1) is 0 Å². The molecule has 3 nitrogen and oxygen atoms in total. The third-order valence-electron chi connectivity index (χ3n) is 2.16. The summed E-state index contributed by atoms with van der Waals surface area (Å²) in [6.07, 6.45) is 1.17. The number of hydrogen-bond acceptors (Lipinski definition) is 2. The average molecular weight is 193 g/mol. The van der Waals surface area contributed by atoms with Crippen molar-refractivity contribution in [3.8, 4) is 5.75 Å². The molecule has 0 aliphatic carbocycles. The molecule has 0 radical (unpaired) electrons. The molecule has 1 aromatic carbocycles. The lowest BCUT2D eigenvalue weighted by Crippen LogP contribution is -2.14. The first-order chi connectivity index (χ1) is 6.67. The molecule has 1 aromatic rings. The van der Waals surface area contributed by atoms with Crippen LogP contribution in [0.3, 0.4) is 0 Å². The number of primary amides is 1. The number of hydrogen-bond donors (Lipinski definition) is 1. The fraction of sp³-hybridized carbons (Fsp3) is 0.364. The van der Waals surface area contributed by atoms with E-state index in [4.69, 9.17) is 10.5 Å². The van der Waals surface area contributed by atoms with Crippen LogP contribution < -0.4 is 10.5 Å². The molecule has 0 aliphatic heterocycles. The standard InChI is InChI=1S/C11H15NO2/c1-3-8-4-5-10(14-2)6-9(8)7-11(12)13/h4-6H,3,7H2,1-2H3,(H2,12,13). The maximum Gasteiger partial charge on any atom is 0.221 e. The lowest BCUT2D eigenvalue weighted by Gasteiger charge is -2.08. The van der Waals surface area contributed by atoms with E-state index >= 15 is 0 Å². The number of nitrogens with two attached hydrogens (primary N) is 1. The van der Waals surface area contributed by atoms with Gasteiger partial charge in [-0.05, 0) is 29.7 Å². The lowest BCUT2D eigenvalue weighted by molar-refractivity contribution is -0.117. The Balaban J connectivity index is 3.01. The number of methoxy groups -OCH3 is 1. The van der Waals surface area contributed by atoms with Crippen molar-refractivity contribution in [1.29, 1.82) is 0 Å². The predicted octanol–water partition coefficient (Wildman–Crippen LogP) is 1.29. The van der Waals surface area contributed by atoms with Crippen molar-refractivity contribution in [3.05, 3.63) is 29.3 Å². The van der Waals surface area contributed by atoms with Gasteiger partial charge < -0.3 is 10.5 Å². The van der Waals surface area contributed by atoms with Crippen LogP contribution in [-0.4, -0.2) is 13.0 Å². The van der Waals surface area contributed by atoms with Crippen LogP contribution in [0.2, 0.25) is 0 Å². The first kappa shape index (κ1) is 10.6. The van der Waals surface area contributed by atoms with Gasteiger partial charge in [-0.1, -0.05) is 13.0 Å². The fourth-order valence-electron chi connectivity index (χ4n) is 1.43. The highest BCUT2D eigenvalue weighted by molar-refractivity contribution is 5.77. The molecule has 14 heavy (non-hydrogen) atoms. The van der Waals surface area contributed by atoms with Gasteiger partial charge in [-0.15, -0.1) is 0 Å². The molecule has 0 unspecified atom stereocenters. The summed E-state index contributed by atoms with van der Waals surface area (Å²) >= 11 is 0. The molecule has 0 heterocycles. The van der Waals surface area contributed by atoms with E-state index in [1.165, 1.54) is 0 Å². The van der Waals surface area contributed by atoms with Crippen LogP contribution in [-0.2, 0) is 17.6 Å². The Morgan fingerprint density at radius 2 is 2.14 bits per heavy atom. The Labute approximate surface area is 83.9 Å². The molecule has 76 valence electrons. The zero-order valence-corrected chi connectivity index (χ0v) is 8.54. The second kappa shape index (κ2) is 4.65. The largest absolute Gasteiger partial charge is 0.497 e. The average Bonchev–Trinajstić information content (AvgIpc) is 2.16. The smallest absolute Gasteiger partial charge is 0.221 e. The molecule has 1 rings (SSSR count). The van der Waals surface area contributed by atoms with Crippen LogP contribution in [0.4, 0.5) is 0 Å². The quantitative estimate of drug-likeness (QED) is 0.783. The van der Waals surface area contributed by atoms with E-state index in [1.54, 1.807) is 7.11 Å². The van der Waals surface area contributed by atoms with E-state index in [1.807, 2.05) is 25.1 Å². The summed E-state index contributed by atoms with van der Waals surface area (Å²) in [5, 5.41) is 0. The topological polar surface area (TPSA) is 52.3 Å². The van der Waals surface area contributed by atoms with Crippen molar-refractivity contribution in [3.63, 3.8) is 0 Å². The van der Waals surface area contributed by atoms with Crippen molar-refractivity contribution >= 4 is 5.91 Å². The number of carbonyl (C=O) groups excluding carboxylic acids is 1. The highest BCUT2D eigenvalue weighted by Gasteiger charge is 2.05. The van der Waals surface area contributed by atoms with Gasteiger partial charge in [-0.25, -0.2) is 0 Å². The Morgan fingerprint density at radius 3 is 2.64 bits per heavy atom. The summed E-state index contributed by atoms with van der Waals surface area (Å²) < 4.78 is 5.08. The fourth-order valence-corrected chi connectivity index (χ4v) is 1.43. The van der Waals surface area contributed by atoms with Gasteiger partial charge in [0.25, 0.3) is 0 Å². The summed E-state index contributed by atoms with van der Waals surface area (Å²) in [7, 11) is 1.61. The summed E-state index contributed by atoms with van der Waals surface area (Å²) in [5.74, 6) is 0.450. The molecule has 0 fully saturated rings. The number of amides is 1. The Morgan fingerprint density at radius 1 is 1.43 bits per heavy atom. The van der Waals surface area contributed by atoms with Gasteiger partial charge in [0.2, 0.25) is 5.91 Å². The molecular formula is C11H15NO2. The first-order valence-electron chi connectivity index (χ1n) is 4.61. The van der Waals surface area contributed by atoms with Crippen molar-refractivity contribution in [1.82, 2.24) is 0 Å². The third-order valence-corrected chi connectivity index (χ3v) is 2.16. The summed E-state index contributed by atoms with van der Waals surface area (Å²) in [5.41, 5.74) is 7.26. The second-order valence-electron chi connectivity index (χ2n) is 3.13. The lowest BCUT2D eigenvalue weighted by atomic mass is 10.0. The number of carbonyl (C=O) groups is 1. The van der Waals surface area contributed by atoms with Crippen LogP contribution >= 0.6 is 0 Å². The first-order valence-corrected chi connectivity index (χ1v) is 4.61.